The van der Waals surface area contributed by atoms with E-state index >= 15 is 0 Å². The summed E-state index contributed by atoms with van der Waals surface area (Å²) >= 11 is -8.90. The topological polar surface area (TPSA) is 17.1 Å². The first-order valence-corrected chi connectivity index (χ1v) is 5.03. The Balaban J connectivity index is 0. The van der Waals surface area contributed by atoms with Crippen molar-refractivity contribution in [2.75, 3.05) is 0 Å². The van der Waals surface area contributed by atoms with Crippen LogP contribution in [0.15, 0.2) is 0 Å². The molecule has 0 atom stereocenters. The molecule has 0 radical (unpaired) electrons. The SMILES string of the molecule is [NaH].[O]=[Gd]([F])([F])([F])[F]. The summed E-state index contributed by atoms with van der Waals surface area (Å²) in [6, 6.07) is 0. The van der Waals surface area contributed by atoms with Crippen molar-refractivity contribution in [3.05, 3.63) is 0 Å². The summed E-state index contributed by atoms with van der Waals surface area (Å²) < 4.78 is 48.3. The van der Waals surface area contributed by atoms with Gasteiger partial charge in [0.05, 0.1) is 0 Å². The van der Waals surface area contributed by atoms with Crippen LogP contribution >= 0.6 is 0 Å². The van der Waals surface area contributed by atoms with Gasteiger partial charge in [-0.05, 0) is 0 Å². The molecule has 0 aromatic rings. The maximum absolute atomic E-state index is 10.0. The fourth-order valence-electron chi connectivity index (χ4n) is 0. The quantitative estimate of drug-likeness (QED) is 0.474. The molecule has 0 heterocycles. The molecule has 0 aliphatic rings. The molecule has 0 fully saturated rings. The van der Waals surface area contributed by atoms with Gasteiger partial charge in [-0.15, -0.1) is 0 Å². The minimum absolute atomic E-state index is 0. The molecule has 0 rings (SSSR count). The van der Waals surface area contributed by atoms with E-state index in [4.69, 9.17) is 1.16 Å². The Morgan fingerprint density at radius 3 is 1.00 bits per heavy atom. The molecule has 0 aliphatic heterocycles. The molecule has 44 valence electrons. The second-order valence-corrected chi connectivity index (χ2v) is 3.87. The zero-order valence-corrected chi connectivity index (χ0v) is 4.54. The van der Waals surface area contributed by atoms with Crippen LogP contribution in [0.5, 0.6) is 0 Å². The predicted octanol–water partition coefficient (Wildman–Crippen LogP) is 0.913. The molecule has 0 bridgehead atoms. The molecule has 0 saturated heterocycles. The van der Waals surface area contributed by atoms with Crippen molar-refractivity contribution in [3.8, 4) is 0 Å². The summed E-state index contributed by atoms with van der Waals surface area (Å²) in [5.41, 5.74) is 0. The van der Waals surface area contributed by atoms with Gasteiger partial charge in [0.1, 0.15) is 0 Å². The third-order valence-electron chi connectivity index (χ3n) is 0. The molecule has 0 unspecified atom stereocenters. The van der Waals surface area contributed by atoms with Crippen molar-refractivity contribution in [1.29, 1.82) is 0 Å². The Hall–Kier alpha value is 1.84. The first kappa shape index (κ1) is 11.6. The summed E-state index contributed by atoms with van der Waals surface area (Å²) in [6.45, 7) is 0. The van der Waals surface area contributed by atoms with Gasteiger partial charge in [-0.2, -0.15) is 0 Å². The summed E-state index contributed by atoms with van der Waals surface area (Å²) in [5, 5.41) is 0. The molecule has 0 spiro atoms. The molecule has 0 aliphatic carbocycles. The Morgan fingerprint density at radius 1 is 1.00 bits per heavy atom. The van der Waals surface area contributed by atoms with Crippen LogP contribution in [-0.4, -0.2) is 29.6 Å². The van der Waals surface area contributed by atoms with E-state index in [0.29, 0.717) is 0 Å². The molecule has 7 heteroatoms. The zero-order valence-electron chi connectivity index (χ0n) is 2.27. The maximum atomic E-state index is 10.0. The molecular formula is HF4GdNaO. The van der Waals surface area contributed by atoms with Crippen molar-refractivity contribution in [1.82, 2.24) is 0 Å². The van der Waals surface area contributed by atoms with Gasteiger partial charge in [0, 0.05) is 0 Å². The second kappa shape index (κ2) is 2.62. The van der Waals surface area contributed by atoms with Crippen molar-refractivity contribution >= 4 is 29.6 Å². The molecular weight excluding hydrogens is 272 g/mol. The Morgan fingerprint density at radius 2 is 1.00 bits per heavy atom. The number of halogens is 4. The molecule has 0 N–H and O–H groups in total. The molecule has 0 amide bonds. The number of hydrogen-bond donors (Lipinski definition) is 0. The molecule has 0 aromatic carbocycles. The molecule has 0 aromatic heterocycles. The van der Waals surface area contributed by atoms with Gasteiger partial charge in [0.15, 0.2) is 0 Å². The van der Waals surface area contributed by atoms with Gasteiger partial charge in [0.25, 0.3) is 0 Å². The number of hydrogen-bond acceptors (Lipinski definition) is 1. The van der Waals surface area contributed by atoms with E-state index in [9.17, 15) is 4.46 Å². The Kier molecular flexibility index (Phi) is 4.35. The third kappa shape index (κ3) is 78.8. The summed E-state index contributed by atoms with van der Waals surface area (Å²) in [7, 11) is 0. The van der Waals surface area contributed by atoms with Crippen molar-refractivity contribution < 1.29 is 38.7 Å². The van der Waals surface area contributed by atoms with Gasteiger partial charge in [0.2, 0.25) is 0 Å². The van der Waals surface area contributed by atoms with Crippen LogP contribution in [-0.2, 0) is 1.16 Å². The fourth-order valence-corrected chi connectivity index (χ4v) is 0. The Bertz CT molecular complexity index is 89.3. The van der Waals surface area contributed by atoms with E-state index in [1.165, 1.54) is 0 Å². The molecule has 0 saturated carbocycles. The monoisotopic (exact) mass is 274 g/mol. The Labute approximate surface area is 66.9 Å². The summed E-state index contributed by atoms with van der Waals surface area (Å²) in [6.07, 6.45) is 0. The first-order chi connectivity index (χ1) is 2.24. The van der Waals surface area contributed by atoms with E-state index in [1.54, 1.807) is 0 Å². The van der Waals surface area contributed by atoms with Crippen LogP contribution in [0, 0.1) is 33.1 Å². The van der Waals surface area contributed by atoms with E-state index in [0.717, 1.165) is 0 Å². The van der Waals surface area contributed by atoms with E-state index in [1.807, 2.05) is 0 Å². The van der Waals surface area contributed by atoms with Crippen molar-refractivity contribution in [3.63, 3.8) is 0 Å². The first-order valence-electron chi connectivity index (χ1n) is 0.679. The van der Waals surface area contributed by atoms with Gasteiger partial charge in [-0.1, -0.05) is 0 Å². The normalized spacial score (nSPS) is 16.3. The van der Waals surface area contributed by atoms with Crippen LogP contribution in [0.1, 0.15) is 0 Å². The number of rotatable bonds is 0. The van der Waals surface area contributed by atoms with E-state index in [2.05, 4.69) is 0 Å². The summed E-state index contributed by atoms with van der Waals surface area (Å²) in [5.74, 6) is 0. The third-order valence-corrected chi connectivity index (χ3v) is 0. The van der Waals surface area contributed by atoms with E-state index < -0.39 is 33.1 Å². The van der Waals surface area contributed by atoms with Crippen LogP contribution in [0.25, 0.3) is 0 Å². The summed E-state index contributed by atoms with van der Waals surface area (Å²) in [4.78, 5) is 0. The van der Waals surface area contributed by atoms with Crippen molar-refractivity contribution in [2.45, 2.75) is 0 Å². The van der Waals surface area contributed by atoms with Gasteiger partial charge in [-0.3, -0.25) is 0 Å². The van der Waals surface area contributed by atoms with E-state index in [-0.39, 0.29) is 29.6 Å². The molecule has 1 nitrogen and oxygen atoms in total. The second-order valence-electron chi connectivity index (χ2n) is 0.521. The van der Waals surface area contributed by atoms with Gasteiger partial charge >= 0.3 is 68.3 Å². The van der Waals surface area contributed by atoms with Crippen LogP contribution in [0.3, 0.4) is 0 Å². The van der Waals surface area contributed by atoms with Crippen LogP contribution in [0.4, 0.5) is 4.46 Å². The molecule has 7 heavy (non-hydrogen) atoms. The van der Waals surface area contributed by atoms with Crippen LogP contribution in [0.2, 0.25) is 0 Å². The minimum atomic E-state index is -8.90. The average molecular weight is 273 g/mol. The predicted molar refractivity (Wildman–Crippen MR) is 12.3 cm³/mol. The van der Waals surface area contributed by atoms with Crippen LogP contribution < -0.4 is 0 Å². The zero-order chi connectivity index (χ0) is 5.45. The average Bonchev–Trinajstić information content (AvgIpc) is 0.650. The van der Waals surface area contributed by atoms with Gasteiger partial charge < -0.3 is 0 Å². The fraction of sp³-hybridized carbons (Fsp3) is 0. The van der Waals surface area contributed by atoms with Gasteiger partial charge in [-0.25, -0.2) is 0 Å². The van der Waals surface area contributed by atoms with Crippen molar-refractivity contribution in [2.24, 2.45) is 0 Å². The standard InChI is InChI=1S/4FH.Gd.Na.O.H/h4*1H;;;;/q;;;;+4;;;/p-4.